The second-order valence-electron chi connectivity index (χ2n) is 6.39. The van der Waals surface area contributed by atoms with Crippen LogP contribution in [0.4, 0.5) is 5.69 Å². The summed E-state index contributed by atoms with van der Waals surface area (Å²) in [5, 5.41) is 10.1. The van der Waals surface area contributed by atoms with Crippen molar-refractivity contribution in [2.24, 2.45) is 0 Å². The van der Waals surface area contributed by atoms with E-state index in [2.05, 4.69) is 9.97 Å². The van der Waals surface area contributed by atoms with E-state index in [0.29, 0.717) is 37.6 Å². The van der Waals surface area contributed by atoms with E-state index in [1.807, 2.05) is 31.2 Å². The smallest absolute Gasteiger partial charge is 0.143 e. The first kappa shape index (κ1) is 19.6. The van der Waals surface area contributed by atoms with Gasteiger partial charge in [-0.2, -0.15) is 0 Å². The normalized spacial score (nSPS) is 12.1. The predicted octanol–water partition coefficient (Wildman–Crippen LogP) is 6.14. The zero-order valence-corrected chi connectivity index (χ0v) is 17.6. The van der Waals surface area contributed by atoms with Gasteiger partial charge in [0.15, 0.2) is 0 Å². The molecule has 146 valence electrons. The Balaban J connectivity index is 1.64. The topological polar surface area (TPSA) is 84.9 Å². The molecule has 4 aromatic rings. The summed E-state index contributed by atoms with van der Waals surface area (Å²) in [6, 6.07) is 13.0. The van der Waals surface area contributed by atoms with Gasteiger partial charge in [0.25, 0.3) is 0 Å². The molecule has 0 fully saturated rings. The van der Waals surface area contributed by atoms with Crippen LogP contribution in [-0.2, 0) is 0 Å². The zero-order chi connectivity index (χ0) is 20.5. The lowest BCUT2D eigenvalue weighted by Crippen LogP contribution is -2.08. The maximum Gasteiger partial charge on any atom is 0.143 e. The van der Waals surface area contributed by atoms with E-state index in [1.165, 1.54) is 23.7 Å². The second kappa shape index (κ2) is 7.99. The van der Waals surface area contributed by atoms with Crippen LogP contribution in [0.5, 0.6) is 5.75 Å². The molecule has 29 heavy (non-hydrogen) atoms. The minimum absolute atomic E-state index is 0.252. The summed E-state index contributed by atoms with van der Waals surface area (Å²) in [4.78, 5) is 8.51. The van der Waals surface area contributed by atoms with Crippen molar-refractivity contribution in [3.05, 3.63) is 81.0 Å². The molecule has 0 amide bonds. The Bertz CT molecular complexity index is 1170. The van der Waals surface area contributed by atoms with Crippen molar-refractivity contribution < 1.29 is 4.74 Å². The van der Waals surface area contributed by atoms with Gasteiger partial charge in [0, 0.05) is 29.2 Å². The van der Waals surface area contributed by atoms with E-state index in [0.717, 1.165) is 10.2 Å². The number of nitrogens with one attached hydrogen (secondary N) is 1. The summed E-state index contributed by atoms with van der Waals surface area (Å²) in [5.41, 5.74) is 8.95. The number of nitrogens with zero attached hydrogens (tertiary/aromatic N) is 2. The number of nitrogens with two attached hydrogens (primary N) is 1. The third-order valence-electron chi connectivity index (χ3n) is 4.41. The molecule has 8 heteroatoms. The van der Waals surface area contributed by atoms with Crippen LogP contribution in [0, 0.1) is 5.41 Å². The first-order chi connectivity index (χ1) is 13.9. The van der Waals surface area contributed by atoms with Crippen molar-refractivity contribution >= 4 is 56.2 Å². The van der Waals surface area contributed by atoms with Crippen LogP contribution in [0.25, 0.3) is 10.2 Å². The summed E-state index contributed by atoms with van der Waals surface area (Å²) in [7, 11) is 0. The highest BCUT2D eigenvalue weighted by Crippen LogP contribution is 2.34. The average Bonchev–Trinajstić information content (AvgIpc) is 3.13. The molecule has 0 spiro atoms. The van der Waals surface area contributed by atoms with Crippen LogP contribution < -0.4 is 10.5 Å². The van der Waals surface area contributed by atoms with Gasteiger partial charge in [0.2, 0.25) is 0 Å². The molecule has 2 heterocycles. The number of benzene rings is 2. The number of hydrogen-bond acceptors (Lipinski definition) is 6. The molecule has 1 atom stereocenters. The number of aromatic nitrogens is 2. The van der Waals surface area contributed by atoms with Crippen molar-refractivity contribution in [1.29, 1.82) is 5.41 Å². The van der Waals surface area contributed by atoms with E-state index < -0.39 is 6.10 Å². The first-order valence-electron chi connectivity index (χ1n) is 8.74. The Morgan fingerprint density at radius 3 is 2.59 bits per heavy atom. The van der Waals surface area contributed by atoms with Crippen LogP contribution in [0.3, 0.4) is 0 Å². The van der Waals surface area contributed by atoms with Gasteiger partial charge in [0.1, 0.15) is 16.9 Å². The van der Waals surface area contributed by atoms with Gasteiger partial charge in [-0.25, -0.2) is 4.98 Å². The molecule has 0 bridgehead atoms. The molecule has 0 aliphatic rings. The van der Waals surface area contributed by atoms with Crippen LogP contribution in [0.15, 0.2) is 54.9 Å². The number of rotatable bonds is 5. The van der Waals surface area contributed by atoms with Gasteiger partial charge in [-0.05, 0) is 37.3 Å². The SMILES string of the molecule is CC(Oc1ccc(N)c(C(=N)c2nc3ccccc3s2)c1)c1c(Cl)cncc1Cl. The first-order valence-corrected chi connectivity index (χ1v) is 10.3. The highest BCUT2D eigenvalue weighted by atomic mass is 35.5. The van der Waals surface area contributed by atoms with E-state index in [-0.39, 0.29) is 5.71 Å². The van der Waals surface area contributed by atoms with Gasteiger partial charge >= 0.3 is 0 Å². The fraction of sp³-hybridized carbons (Fsp3) is 0.0952. The van der Waals surface area contributed by atoms with E-state index >= 15 is 0 Å². The minimum Gasteiger partial charge on any atom is -0.486 e. The Labute approximate surface area is 181 Å². The summed E-state index contributed by atoms with van der Waals surface area (Å²) in [6.45, 7) is 1.85. The molecule has 0 radical (unpaired) electrons. The van der Waals surface area contributed by atoms with Crippen LogP contribution >= 0.6 is 34.5 Å². The monoisotopic (exact) mass is 442 g/mol. The standard InChI is InChI=1S/C21H16Cl2N4OS/c1-11(19-14(22)9-26-10-15(19)23)28-12-6-7-16(24)13(8-12)20(25)21-27-17-4-2-3-5-18(17)29-21/h2-11,25H,24H2,1H3. The number of pyridine rings is 1. The quantitative estimate of drug-likeness (QED) is 0.287. The number of thiazole rings is 1. The molecule has 2 aromatic carbocycles. The lowest BCUT2D eigenvalue weighted by atomic mass is 10.1. The van der Waals surface area contributed by atoms with Crippen LogP contribution in [0.1, 0.15) is 29.2 Å². The van der Waals surface area contributed by atoms with E-state index in [1.54, 1.807) is 18.2 Å². The van der Waals surface area contributed by atoms with Gasteiger partial charge in [0.05, 0.1) is 26.0 Å². The molecule has 0 saturated heterocycles. The summed E-state index contributed by atoms with van der Waals surface area (Å²) in [6.07, 6.45) is 2.64. The largest absolute Gasteiger partial charge is 0.486 e. The lowest BCUT2D eigenvalue weighted by Gasteiger charge is -2.18. The number of halogens is 2. The molecular formula is C21H16Cl2N4OS. The van der Waals surface area contributed by atoms with Crippen molar-refractivity contribution in [1.82, 2.24) is 9.97 Å². The molecule has 0 saturated carbocycles. The number of hydrogen-bond donors (Lipinski definition) is 2. The van der Waals surface area contributed by atoms with Gasteiger partial charge in [-0.3, -0.25) is 10.4 Å². The molecule has 0 aliphatic heterocycles. The Morgan fingerprint density at radius 2 is 1.86 bits per heavy atom. The average molecular weight is 443 g/mol. The van der Waals surface area contributed by atoms with Crippen LogP contribution in [-0.4, -0.2) is 15.7 Å². The highest BCUT2D eigenvalue weighted by Gasteiger charge is 2.18. The lowest BCUT2D eigenvalue weighted by molar-refractivity contribution is 0.227. The molecule has 5 nitrogen and oxygen atoms in total. The number of ether oxygens (including phenoxy) is 1. The molecular weight excluding hydrogens is 427 g/mol. The number of fused-ring (bicyclic) bond motifs is 1. The van der Waals surface area contributed by atoms with E-state index in [4.69, 9.17) is 39.1 Å². The summed E-state index contributed by atoms with van der Waals surface area (Å²) < 4.78 is 7.06. The van der Waals surface area contributed by atoms with Crippen molar-refractivity contribution in [3.8, 4) is 5.75 Å². The fourth-order valence-corrected chi connectivity index (χ4v) is 4.59. The molecule has 3 N–H and O–H groups in total. The van der Waals surface area contributed by atoms with Crippen molar-refractivity contribution in [3.63, 3.8) is 0 Å². The van der Waals surface area contributed by atoms with Gasteiger partial charge in [-0.1, -0.05) is 35.3 Å². The number of anilines is 1. The Hall–Kier alpha value is -2.67. The number of nitrogen functional groups attached to an aromatic ring is 1. The molecule has 0 aliphatic carbocycles. The maximum absolute atomic E-state index is 8.62. The minimum atomic E-state index is -0.411. The Morgan fingerprint density at radius 1 is 1.14 bits per heavy atom. The Kier molecular flexibility index (Phi) is 5.41. The number of para-hydroxylation sites is 1. The van der Waals surface area contributed by atoms with Crippen molar-refractivity contribution in [2.75, 3.05) is 5.73 Å². The molecule has 2 aromatic heterocycles. The third-order valence-corrected chi connectivity index (χ3v) is 6.07. The molecule has 4 rings (SSSR count). The van der Waals surface area contributed by atoms with Crippen molar-refractivity contribution in [2.45, 2.75) is 13.0 Å². The third kappa shape index (κ3) is 3.92. The van der Waals surface area contributed by atoms with Gasteiger partial charge < -0.3 is 10.5 Å². The van der Waals surface area contributed by atoms with Crippen LogP contribution in [0.2, 0.25) is 10.0 Å². The van der Waals surface area contributed by atoms with Gasteiger partial charge in [-0.15, -0.1) is 11.3 Å². The maximum atomic E-state index is 8.62. The highest BCUT2D eigenvalue weighted by molar-refractivity contribution is 7.20. The summed E-state index contributed by atoms with van der Waals surface area (Å²) >= 11 is 13.9. The fourth-order valence-electron chi connectivity index (χ4n) is 2.99. The summed E-state index contributed by atoms with van der Waals surface area (Å²) in [5.74, 6) is 0.552. The predicted molar refractivity (Wildman–Crippen MR) is 120 cm³/mol. The van der Waals surface area contributed by atoms with E-state index in [9.17, 15) is 0 Å². The molecule has 1 unspecified atom stereocenters. The second-order valence-corrected chi connectivity index (χ2v) is 8.23. The zero-order valence-electron chi connectivity index (χ0n) is 15.3.